The second-order valence-electron chi connectivity index (χ2n) is 4.15. The second-order valence-corrected chi connectivity index (χ2v) is 6.06. The summed E-state index contributed by atoms with van der Waals surface area (Å²) >= 11 is 5.09. The van der Waals surface area contributed by atoms with Gasteiger partial charge in [-0.05, 0) is 34.1 Å². The molecule has 0 unspecified atom stereocenters. The lowest BCUT2D eigenvalue weighted by atomic mass is 10.3. The van der Waals surface area contributed by atoms with Gasteiger partial charge in [-0.25, -0.2) is 4.79 Å². The van der Waals surface area contributed by atoms with E-state index < -0.39 is 0 Å². The van der Waals surface area contributed by atoms with E-state index in [-0.39, 0.29) is 5.69 Å². The summed E-state index contributed by atoms with van der Waals surface area (Å²) in [5.41, 5.74) is 1.98. The molecule has 3 nitrogen and oxygen atoms in total. The summed E-state index contributed by atoms with van der Waals surface area (Å²) in [6.45, 7) is 0.621. The van der Waals surface area contributed by atoms with E-state index in [0.29, 0.717) is 6.54 Å². The SMILES string of the molecule is Cn1c(=O)n(Cc2cc(Br)cs2)c2ccccc21. The van der Waals surface area contributed by atoms with Gasteiger partial charge in [0.15, 0.2) is 0 Å². The maximum atomic E-state index is 12.2. The number of hydrogen-bond donors (Lipinski definition) is 0. The van der Waals surface area contributed by atoms with Crippen molar-refractivity contribution in [3.05, 3.63) is 55.5 Å². The van der Waals surface area contributed by atoms with E-state index in [1.807, 2.05) is 41.3 Å². The second kappa shape index (κ2) is 4.40. The Bertz CT molecular complexity index is 769. The zero-order chi connectivity index (χ0) is 12.7. The normalized spacial score (nSPS) is 11.2. The number of aryl methyl sites for hydroxylation is 1. The first-order valence-corrected chi connectivity index (χ1v) is 7.21. The van der Waals surface area contributed by atoms with Gasteiger partial charge in [-0.3, -0.25) is 9.13 Å². The Morgan fingerprint density at radius 1 is 1.28 bits per heavy atom. The minimum atomic E-state index is 0.0284. The van der Waals surface area contributed by atoms with Gasteiger partial charge >= 0.3 is 5.69 Å². The fourth-order valence-electron chi connectivity index (χ4n) is 2.11. The van der Waals surface area contributed by atoms with Crippen LogP contribution >= 0.6 is 27.3 Å². The van der Waals surface area contributed by atoms with Crippen molar-refractivity contribution in [2.24, 2.45) is 7.05 Å². The Balaban J connectivity index is 2.17. The number of aromatic nitrogens is 2. The van der Waals surface area contributed by atoms with Crippen LogP contribution in [-0.2, 0) is 13.6 Å². The van der Waals surface area contributed by atoms with E-state index in [1.54, 1.807) is 15.9 Å². The van der Waals surface area contributed by atoms with Crippen molar-refractivity contribution in [1.82, 2.24) is 9.13 Å². The van der Waals surface area contributed by atoms with Crippen molar-refractivity contribution in [3.63, 3.8) is 0 Å². The zero-order valence-corrected chi connectivity index (χ0v) is 12.2. The van der Waals surface area contributed by atoms with Crippen LogP contribution in [0.2, 0.25) is 0 Å². The molecule has 0 aliphatic rings. The summed E-state index contributed by atoms with van der Waals surface area (Å²) in [5.74, 6) is 0. The van der Waals surface area contributed by atoms with Crippen LogP contribution < -0.4 is 5.69 Å². The highest BCUT2D eigenvalue weighted by molar-refractivity contribution is 9.10. The molecule has 1 aromatic carbocycles. The molecule has 3 rings (SSSR count). The predicted molar refractivity (Wildman–Crippen MR) is 78.3 cm³/mol. The molecule has 0 spiro atoms. The standard InChI is InChI=1S/C13H11BrN2OS/c1-15-11-4-2-3-5-12(11)16(13(15)17)7-10-6-9(14)8-18-10/h2-6,8H,7H2,1H3. The van der Waals surface area contributed by atoms with Crippen molar-refractivity contribution < 1.29 is 0 Å². The number of nitrogens with zero attached hydrogens (tertiary/aromatic N) is 2. The van der Waals surface area contributed by atoms with Crippen LogP contribution in [0.4, 0.5) is 0 Å². The Labute approximate surface area is 116 Å². The summed E-state index contributed by atoms with van der Waals surface area (Å²) in [6, 6.07) is 9.92. The van der Waals surface area contributed by atoms with Gasteiger partial charge < -0.3 is 0 Å². The maximum Gasteiger partial charge on any atom is 0.329 e. The first-order chi connectivity index (χ1) is 8.66. The van der Waals surface area contributed by atoms with Crippen LogP contribution in [0.5, 0.6) is 0 Å². The lowest BCUT2D eigenvalue weighted by Gasteiger charge is -2.00. The van der Waals surface area contributed by atoms with Crippen LogP contribution in [0.25, 0.3) is 11.0 Å². The molecule has 3 aromatic rings. The van der Waals surface area contributed by atoms with E-state index in [9.17, 15) is 4.79 Å². The number of fused-ring (bicyclic) bond motifs is 1. The van der Waals surface area contributed by atoms with Crippen LogP contribution in [-0.4, -0.2) is 9.13 Å². The third-order valence-corrected chi connectivity index (χ3v) is 4.67. The van der Waals surface area contributed by atoms with E-state index in [1.165, 1.54) is 4.88 Å². The Morgan fingerprint density at radius 2 is 2.00 bits per heavy atom. The average molecular weight is 323 g/mol. The fourth-order valence-corrected chi connectivity index (χ4v) is 3.55. The van der Waals surface area contributed by atoms with Crippen molar-refractivity contribution >= 4 is 38.3 Å². The quantitative estimate of drug-likeness (QED) is 0.711. The third-order valence-electron chi connectivity index (χ3n) is 2.99. The van der Waals surface area contributed by atoms with Gasteiger partial charge in [-0.15, -0.1) is 11.3 Å². The highest BCUT2D eigenvalue weighted by atomic mass is 79.9. The summed E-state index contributed by atoms with van der Waals surface area (Å²) in [6.07, 6.45) is 0. The summed E-state index contributed by atoms with van der Waals surface area (Å²) < 4.78 is 4.57. The molecule has 0 atom stereocenters. The van der Waals surface area contributed by atoms with Gasteiger partial charge in [-0.2, -0.15) is 0 Å². The summed E-state index contributed by atoms with van der Waals surface area (Å²) in [4.78, 5) is 13.4. The molecule has 18 heavy (non-hydrogen) atoms. The van der Waals surface area contributed by atoms with Crippen molar-refractivity contribution in [2.75, 3.05) is 0 Å². The van der Waals surface area contributed by atoms with Gasteiger partial charge in [-0.1, -0.05) is 12.1 Å². The summed E-state index contributed by atoms with van der Waals surface area (Å²) in [7, 11) is 1.81. The van der Waals surface area contributed by atoms with Crippen LogP contribution in [0.15, 0.2) is 45.0 Å². The molecule has 92 valence electrons. The van der Waals surface area contributed by atoms with Crippen LogP contribution in [0.1, 0.15) is 4.88 Å². The van der Waals surface area contributed by atoms with Crippen molar-refractivity contribution in [2.45, 2.75) is 6.54 Å². The number of imidazole rings is 1. The van der Waals surface area contributed by atoms with Crippen molar-refractivity contribution in [3.8, 4) is 0 Å². The van der Waals surface area contributed by atoms with Crippen molar-refractivity contribution in [1.29, 1.82) is 0 Å². The molecule has 5 heteroatoms. The molecule has 2 heterocycles. The fraction of sp³-hybridized carbons (Fsp3) is 0.154. The Kier molecular flexibility index (Phi) is 2.87. The molecule has 0 fully saturated rings. The average Bonchev–Trinajstić information content (AvgIpc) is 2.88. The predicted octanol–water partition coefficient (Wildman–Crippen LogP) is 3.21. The smallest absolute Gasteiger partial charge is 0.295 e. The number of rotatable bonds is 2. The molecule has 0 N–H and O–H groups in total. The van der Waals surface area contributed by atoms with E-state index in [4.69, 9.17) is 0 Å². The number of hydrogen-bond acceptors (Lipinski definition) is 2. The molecule has 0 aliphatic carbocycles. The first kappa shape index (κ1) is 11.7. The van der Waals surface area contributed by atoms with Crippen LogP contribution in [0.3, 0.4) is 0 Å². The number of benzene rings is 1. The minimum Gasteiger partial charge on any atom is -0.295 e. The van der Waals surface area contributed by atoms with E-state index in [2.05, 4.69) is 22.0 Å². The first-order valence-electron chi connectivity index (χ1n) is 5.54. The molecule has 0 radical (unpaired) electrons. The molecule has 0 amide bonds. The molecule has 2 aromatic heterocycles. The number of para-hydroxylation sites is 2. The summed E-state index contributed by atoms with van der Waals surface area (Å²) in [5, 5.41) is 2.03. The number of thiophene rings is 1. The van der Waals surface area contributed by atoms with Gasteiger partial charge in [0.05, 0.1) is 17.6 Å². The maximum absolute atomic E-state index is 12.2. The zero-order valence-electron chi connectivity index (χ0n) is 9.76. The molecule has 0 saturated heterocycles. The van der Waals surface area contributed by atoms with Gasteiger partial charge in [0.2, 0.25) is 0 Å². The van der Waals surface area contributed by atoms with E-state index >= 15 is 0 Å². The highest BCUT2D eigenvalue weighted by Gasteiger charge is 2.10. The van der Waals surface area contributed by atoms with Gasteiger partial charge in [0.25, 0.3) is 0 Å². The molecular formula is C13H11BrN2OS. The monoisotopic (exact) mass is 322 g/mol. The number of halogens is 1. The lowest BCUT2D eigenvalue weighted by molar-refractivity contribution is 0.743. The lowest BCUT2D eigenvalue weighted by Crippen LogP contribution is -2.22. The van der Waals surface area contributed by atoms with Gasteiger partial charge in [0, 0.05) is 21.8 Å². The molecule has 0 saturated carbocycles. The topological polar surface area (TPSA) is 26.9 Å². The Morgan fingerprint density at radius 3 is 2.67 bits per heavy atom. The van der Waals surface area contributed by atoms with Crippen LogP contribution in [0, 0.1) is 0 Å². The van der Waals surface area contributed by atoms with E-state index in [0.717, 1.165) is 15.5 Å². The molecule has 0 aliphatic heterocycles. The third kappa shape index (κ3) is 1.83. The molecule has 0 bridgehead atoms. The highest BCUT2D eigenvalue weighted by Crippen LogP contribution is 2.21. The molecular weight excluding hydrogens is 312 g/mol. The van der Waals surface area contributed by atoms with Gasteiger partial charge in [0.1, 0.15) is 0 Å². The minimum absolute atomic E-state index is 0.0284. The largest absolute Gasteiger partial charge is 0.329 e. The Hall–Kier alpha value is -1.33.